The van der Waals surface area contributed by atoms with Crippen molar-refractivity contribution in [3.63, 3.8) is 0 Å². The summed E-state index contributed by atoms with van der Waals surface area (Å²) in [6.45, 7) is 14.0. The third-order valence-corrected chi connectivity index (χ3v) is 5.70. The van der Waals surface area contributed by atoms with E-state index in [2.05, 4.69) is 20.8 Å². The summed E-state index contributed by atoms with van der Waals surface area (Å²) in [6, 6.07) is 3.59. The molecule has 0 heterocycles. The van der Waals surface area contributed by atoms with Gasteiger partial charge in [-0.1, -0.05) is 53.7 Å². The fourth-order valence-electron chi connectivity index (χ4n) is 2.53. The molecule has 0 saturated carbocycles. The van der Waals surface area contributed by atoms with Gasteiger partial charge in [-0.15, -0.1) is 0 Å². The van der Waals surface area contributed by atoms with Crippen LogP contribution in [0.5, 0.6) is 5.75 Å². The molecule has 1 rings (SSSR count). The van der Waals surface area contributed by atoms with Gasteiger partial charge < -0.3 is 19.1 Å². The van der Waals surface area contributed by atoms with Gasteiger partial charge in [0.1, 0.15) is 13.3 Å². The molecule has 1 aromatic carbocycles. The zero-order chi connectivity index (χ0) is 18.1. The zero-order valence-electron chi connectivity index (χ0n) is 15.4. The van der Waals surface area contributed by atoms with E-state index in [0.29, 0.717) is 5.56 Å². The Hall–Kier alpha value is -0.830. The number of rotatable bonds is 6. The molecule has 1 unspecified atom stereocenters. The molecule has 0 spiro atoms. The second-order valence-corrected chi connectivity index (χ2v) is 9.51. The summed E-state index contributed by atoms with van der Waals surface area (Å²) in [5.41, 5.74) is 1.70. The molecule has 0 fully saturated rings. The molecule has 132 valence electrons. The van der Waals surface area contributed by atoms with Crippen molar-refractivity contribution in [2.24, 2.45) is 0 Å². The van der Waals surface area contributed by atoms with E-state index >= 15 is 0 Å². The molecule has 0 aliphatic heterocycles. The van der Waals surface area contributed by atoms with E-state index in [0.717, 1.165) is 17.5 Å². The number of hydrogen-bond donors (Lipinski definition) is 1. The normalized spacial score (nSPS) is 15.5. The molecule has 0 saturated heterocycles. The largest absolute Gasteiger partial charge is 0.778 e. The van der Waals surface area contributed by atoms with Crippen molar-refractivity contribution >= 4 is 7.60 Å². The number of aromatic hydroxyl groups is 1. The minimum absolute atomic E-state index is 0.137. The first-order valence-corrected chi connectivity index (χ1v) is 9.88. The van der Waals surface area contributed by atoms with Crippen molar-refractivity contribution in [1.29, 1.82) is 0 Å². The first-order valence-electron chi connectivity index (χ1n) is 8.15. The van der Waals surface area contributed by atoms with Gasteiger partial charge >= 0.3 is 0 Å². The summed E-state index contributed by atoms with van der Waals surface area (Å²) in [7, 11) is -3.91. The van der Waals surface area contributed by atoms with E-state index in [1.807, 2.05) is 20.8 Å². The molecule has 1 aromatic rings. The molecule has 1 atom stereocenters. The van der Waals surface area contributed by atoms with Crippen molar-refractivity contribution < 1.29 is 19.1 Å². The quantitative estimate of drug-likeness (QED) is 0.775. The lowest BCUT2D eigenvalue weighted by Crippen LogP contribution is -2.20. The minimum Gasteiger partial charge on any atom is -0.778 e. The lowest BCUT2D eigenvalue weighted by Gasteiger charge is -2.31. The zero-order valence-corrected chi connectivity index (χ0v) is 16.3. The summed E-state index contributed by atoms with van der Waals surface area (Å²) in [4.78, 5) is 12.0. The second-order valence-electron chi connectivity index (χ2n) is 7.71. The summed E-state index contributed by atoms with van der Waals surface area (Å²) >= 11 is 0. The average Bonchev–Trinajstić information content (AvgIpc) is 2.38. The first-order chi connectivity index (χ1) is 10.3. The highest BCUT2D eigenvalue weighted by molar-refractivity contribution is 7.50. The van der Waals surface area contributed by atoms with Crippen LogP contribution >= 0.6 is 7.60 Å². The van der Waals surface area contributed by atoms with Gasteiger partial charge in [-0.2, -0.15) is 0 Å². The lowest BCUT2D eigenvalue weighted by atomic mass is 9.76. The third-order valence-electron chi connectivity index (χ3n) is 4.29. The van der Waals surface area contributed by atoms with Crippen LogP contribution in [0, 0.1) is 0 Å². The maximum atomic E-state index is 12.0. The molecule has 23 heavy (non-hydrogen) atoms. The van der Waals surface area contributed by atoms with Crippen molar-refractivity contribution in [2.75, 3.05) is 6.61 Å². The van der Waals surface area contributed by atoms with Crippen LogP contribution in [0.3, 0.4) is 0 Å². The van der Waals surface area contributed by atoms with Crippen LogP contribution in [0.4, 0.5) is 0 Å². The van der Waals surface area contributed by atoms with E-state index < -0.39 is 7.60 Å². The predicted molar refractivity (Wildman–Crippen MR) is 93.1 cm³/mol. The Morgan fingerprint density at radius 2 is 1.65 bits per heavy atom. The van der Waals surface area contributed by atoms with Gasteiger partial charge in [-0.05, 0) is 35.3 Å². The summed E-state index contributed by atoms with van der Waals surface area (Å²) in [6.07, 6.45) is 0.686. The number of phenols is 1. The first kappa shape index (κ1) is 20.2. The van der Waals surface area contributed by atoms with Crippen LogP contribution in [0.1, 0.15) is 71.6 Å². The van der Waals surface area contributed by atoms with Crippen molar-refractivity contribution in [2.45, 2.75) is 71.9 Å². The molecule has 1 N–H and O–H groups in total. The van der Waals surface area contributed by atoms with E-state index in [9.17, 15) is 14.6 Å². The standard InChI is InChI=1S/C18H31O4P/c1-8-18(6,7)15-11-13(12-23(20,21)22-9-2)10-14(16(15)19)17(3,4)5/h10-11,19H,8-9,12H2,1-7H3,(H,20,21)/p-1. The number of benzene rings is 1. The highest BCUT2D eigenvalue weighted by atomic mass is 31.2. The van der Waals surface area contributed by atoms with Gasteiger partial charge in [-0.25, -0.2) is 0 Å². The van der Waals surface area contributed by atoms with Gasteiger partial charge in [-0.3, -0.25) is 0 Å². The van der Waals surface area contributed by atoms with Crippen molar-refractivity contribution in [1.82, 2.24) is 0 Å². The maximum absolute atomic E-state index is 12.0. The fraction of sp³-hybridized carbons (Fsp3) is 0.667. The van der Waals surface area contributed by atoms with Crippen molar-refractivity contribution in [3.8, 4) is 5.75 Å². The number of phenolic OH excluding ortho intramolecular Hbond substituents is 1. The second kappa shape index (κ2) is 6.96. The van der Waals surface area contributed by atoms with Crippen LogP contribution in [-0.2, 0) is 26.1 Å². The molecule has 4 nitrogen and oxygen atoms in total. The molecule has 0 aliphatic carbocycles. The van der Waals surface area contributed by atoms with Gasteiger partial charge in [0.2, 0.25) is 0 Å². The summed E-state index contributed by atoms with van der Waals surface area (Å²) in [5.74, 6) is 0.269. The van der Waals surface area contributed by atoms with Gasteiger partial charge in [0.05, 0.1) is 6.61 Å². The fourth-order valence-corrected chi connectivity index (χ4v) is 3.64. The van der Waals surface area contributed by atoms with Gasteiger partial charge in [0.15, 0.2) is 0 Å². The van der Waals surface area contributed by atoms with Crippen LogP contribution in [-0.4, -0.2) is 11.7 Å². The van der Waals surface area contributed by atoms with E-state index in [1.54, 1.807) is 19.1 Å². The molecule has 0 aliphatic rings. The molecular formula is C18H30O4P-. The Morgan fingerprint density at radius 3 is 2.09 bits per heavy atom. The summed E-state index contributed by atoms with van der Waals surface area (Å²) in [5, 5.41) is 10.7. The third kappa shape index (κ3) is 5.07. The van der Waals surface area contributed by atoms with E-state index in [4.69, 9.17) is 4.52 Å². The Balaban J connectivity index is 3.50. The topological polar surface area (TPSA) is 69.6 Å². The highest BCUT2D eigenvalue weighted by Crippen LogP contribution is 2.45. The molecule has 5 heteroatoms. The van der Waals surface area contributed by atoms with Crippen LogP contribution in [0.25, 0.3) is 0 Å². The van der Waals surface area contributed by atoms with Gasteiger partial charge in [0.25, 0.3) is 0 Å². The molecule has 0 aromatic heterocycles. The Kier molecular flexibility index (Phi) is 6.12. The smallest absolute Gasteiger partial charge is 0.139 e. The van der Waals surface area contributed by atoms with Crippen LogP contribution < -0.4 is 4.89 Å². The molecular weight excluding hydrogens is 311 g/mol. The Morgan fingerprint density at radius 1 is 1.13 bits per heavy atom. The van der Waals surface area contributed by atoms with E-state index in [-0.39, 0.29) is 29.3 Å². The summed E-state index contributed by atoms with van der Waals surface area (Å²) < 4.78 is 16.9. The molecule has 0 radical (unpaired) electrons. The predicted octanol–water partition coefficient (Wildman–Crippen LogP) is 4.47. The monoisotopic (exact) mass is 341 g/mol. The van der Waals surface area contributed by atoms with Crippen LogP contribution in [0.15, 0.2) is 12.1 Å². The van der Waals surface area contributed by atoms with E-state index in [1.165, 1.54) is 0 Å². The lowest BCUT2D eigenvalue weighted by molar-refractivity contribution is -0.198. The average molecular weight is 341 g/mol. The van der Waals surface area contributed by atoms with Crippen molar-refractivity contribution in [3.05, 3.63) is 28.8 Å². The van der Waals surface area contributed by atoms with Gasteiger partial charge in [0, 0.05) is 11.7 Å². The Bertz CT molecular complexity index is 600. The Labute approximate surface area is 140 Å². The minimum atomic E-state index is -3.91. The number of hydrogen-bond acceptors (Lipinski definition) is 4. The SMILES string of the molecule is CCOP(=O)([O-])Cc1cc(C(C)(C)C)c(O)c(C(C)(C)CC)c1. The maximum Gasteiger partial charge on any atom is 0.139 e. The molecule has 0 bridgehead atoms. The highest BCUT2D eigenvalue weighted by Gasteiger charge is 2.28. The molecule has 0 amide bonds. The van der Waals surface area contributed by atoms with Crippen LogP contribution in [0.2, 0.25) is 0 Å².